The number of nitrogens with two attached hydrogens (primary N) is 1. The van der Waals surface area contributed by atoms with Gasteiger partial charge >= 0.3 is 0 Å². The molecule has 5 heteroatoms. The number of nitrogens with zero attached hydrogens (tertiary/aromatic N) is 3. The van der Waals surface area contributed by atoms with E-state index in [4.69, 9.17) is 15.6 Å². The summed E-state index contributed by atoms with van der Waals surface area (Å²) in [6.45, 7) is 0.891. The molecule has 3 aliphatic heterocycles. The Kier molecular flexibility index (Phi) is 4.01. The molecule has 2 N–H and O–H groups in total. The van der Waals surface area contributed by atoms with Crippen molar-refractivity contribution in [1.82, 2.24) is 0 Å². The number of aliphatic imine (C=N–C) groups is 2. The van der Waals surface area contributed by atoms with E-state index in [-0.39, 0.29) is 4.59 Å². The van der Waals surface area contributed by atoms with E-state index in [2.05, 4.69) is 41.4 Å². The van der Waals surface area contributed by atoms with Gasteiger partial charge in [-0.25, -0.2) is 0 Å². The molecule has 1 saturated heterocycles. The predicted octanol–water partition coefficient (Wildman–Crippen LogP) is 3.51. The van der Waals surface area contributed by atoms with E-state index in [1.807, 2.05) is 18.5 Å². The number of fused-ring (bicyclic) bond motifs is 1. The maximum atomic E-state index is 6.73. The smallest absolute Gasteiger partial charge is 0.265 e. The first kappa shape index (κ1) is 16.6. The summed E-state index contributed by atoms with van der Waals surface area (Å²) >= 11 is 0. The highest BCUT2D eigenvalue weighted by Gasteiger charge is 2.44. The summed E-state index contributed by atoms with van der Waals surface area (Å²) in [6.07, 6.45) is 16.5. The highest BCUT2D eigenvalue weighted by atomic mass is 16.5. The van der Waals surface area contributed by atoms with Crippen molar-refractivity contribution in [2.45, 2.75) is 31.8 Å². The lowest BCUT2D eigenvalue weighted by Crippen LogP contribution is -2.53. The lowest BCUT2D eigenvalue weighted by Gasteiger charge is -2.26. The van der Waals surface area contributed by atoms with E-state index in [0.29, 0.717) is 6.10 Å². The fourth-order valence-electron chi connectivity index (χ4n) is 3.96. The number of amidine groups is 1. The topological polar surface area (TPSA) is 60.0 Å². The molecule has 5 rings (SSSR count). The first-order valence-electron chi connectivity index (χ1n) is 9.56. The fraction of sp³-hybridized carbons (Fsp3) is 0.273. The molecule has 136 valence electrons. The normalized spacial score (nSPS) is 28.7. The maximum absolute atomic E-state index is 6.73. The highest BCUT2D eigenvalue weighted by molar-refractivity contribution is 6.01. The maximum Gasteiger partial charge on any atom is 0.265 e. The molecule has 0 radical (unpaired) electrons. The number of ether oxygens (including phenoxy) is 1. The second-order valence-corrected chi connectivity index (χ2v) is 7.39. The van der Waals surface area contributed by atoms with Gasteiger partial charge in [-0.15, -0.1) is 4.59 Å². The van der Waals surface area contributed by atoms with Crippen molar-refractivity contribution < 1.29 is 9.33 Å². The van der Waals surface area contributed by atoms with Gasteiger partial charge in [0.25, 0.3) is 5.84 Å². The summed E-state index contributed by atoms with van der Waals surface area (Å²) in [5, 5.41) is 0. The summed E-state index contributed by atoms with van der Waals surface area (Å²) in [5.74, 6) is 7.56. The van der Waals surface area contributed by atoms with Gasteiger partial charge in [0.05, 0.1) is 24.1 Å². The van der Waals surface area contributed by atoms with Gasteiger partial charge in [-0.3, -0.25) is 4.99 Å². The van der Waals surface area contributed by atoms with Gasteiger partial charge in [0, 0.05) is 12.2 Å². The summed E-state index contributed by atoms with van der Waals surface area (Å²) < 4.78 is 5.93. The van der Waals surface area contributed by atoms with Gasteiger partial charge < -0.3 is 4.74 Å². The van der Waals surface area contributed by atoms with Crippen molar-refractivity contribution in [3.05, 3.63) is 83.0 Å². The van der Waals surface area contributed by atoms with Crippen LogP contribution in [0.25, 0.3) is 0 Å². The summed E-state index contributed by atoms with van der Waals surface area (Å²) in [6, 6.07) is 8.58. The SMILES string of the molecule is N[N+]12C=CN=CC1=C(C1=CC=C1)N=C2c1ccc(CC2CCCCO2)cc1. The summed E-state index contributed by atoms with van der Waals surface area (Å²) in [5.41, 5.74) is 5.23. The minimum absolute atomic E-state index is 0.0646. The molecule has 0 spiro atoms. The molecule has 1 aromatic rings. The van der Waals surface area contributed by atoms with Crippen LogP contribution in [-0.4, -0.2) is 29.4 Å². The Hall–Kier alpha value is -2.60. The highest BCUT2D eigenvalue weighted by Crippen LogP contribution is 2.36. The third-order valence-corrected chi connectivity index (χ3v) is 5.57. The van der Waals surface area contributed by atoms with Crippen molar-refractivity contribution in [2.75, 3.05) is 6.61 Å². The molecule has 3 heterocycles. The quantitative estimate of drug-likeness (QED) is 0.661. The Labute approximate surface area is 159 Å². The van der Waals surface area contributed by atoms with E-state index in [0.717, 1.165) is 47.8 Å². The van der Waals surface area contributed by atoms with Crippen molar-refractivity contribution in [3.8, 4) is 0 Å². The second-order valence-electron chi connectivity index (χ2n) is 7.39. The fourth-order valence-corrected chi connectivity index (χ4v) is 3.96. The molecule has 1 aromatic carbocycles. The standard InChI is InChI=1S/C22H23N4O/c23-26-12-11-24-15-20(26)21(17-4-3-5-17)25-22(26)18-9-7-16(8-10-18)14-19-6-1-2-13-27-19/h3-5,7-12,15,19H,1-2,6,13-14,23H2/q+1. The van der Waals surface area contributed by atoms with E-state index >= 15 is 0 Å². The van der Waals surface area contributed by atoms with Crippen LogP contribution in [0, 0.1) is 0 Å². The minimum atomic E-state index is 0.0646. The Morgan fingerprint density at radius 2 is 2.04 bits per heavy atom. The van der Waals surface area contributed by atoms with Crippen LogP contribution in [-0.2, 0) is 11.2 Å². The van der Waals surface area contributed by atoms with Gasteiger partial charge in [0.1, 0.15) is 11.9 Å². The van der Waals surface area contributed by atoms with Crippen molar-refractivity contribution in [2.24, 2.45) is 15.8 Å². The molecule has 2 unspecified atom stereocenters. The van der Waals surface area contributed by atoms with Crippen LogP contribution in [0.1, 0.15) is 30.4 Å². The number of allylic oxidation sites excluding steroid dienone is 4. The molecule has 1 fully saturated rings. The van der Waals surface area contributed by atoms with Gasteiger partial charge in [-0.1, -0.05) is 30.4 Å². The summed E-state index contributed by atoms with van der Waals surface area (Å²) in [4.78, 5) is 9.16. The molecular weight excluding hydrogens is 336 g/mol. The Balaban J connectivity index is 1.42. The number of hydrogen-bond acceptors (Lipinski definition) is 4. The van der Waals surface area contributed by atoms with Crippen molar-refractivity contribution in [1.29, 1.82) is 0 Å². The average molecular weight is 359 g/mol. The van der Waals surface area contributed by atoms with Gasteiger partial charge in [-0.05, 0) is 43.4 Å². The molecule has 4 aliphatic rings. The largest absolute Gasteiger partial charge is 0.378 e. The van der Waals surface area contributed by atoms with Crippen LogP contribution in [0.4, 0.5) is 0 Å². The molecule has 0 bridgehead atoms. The first-order chi connectivity index (χ1) is 13.2. The molecular formula is C22H23N4O+. The van der Waals surface area contributed by atoms with Crippen LogP contribution in [0.15, 0.2) is 81.8 Å². The van der Waals surface area contributed by atoms with E-state index in [9.17, 15) is 0 Å². The zero-order valence-corrected chi connectivity index (χ0v) is 15.2. The molecule has 2 atom stereocenters. The lowest BCUT2D eigenvalue weighted by atomic mass is 10.00. The first-order valence-corrected chi connectivity index (χ1v) is 9.56. The molecule has 27 heavy (non-hydrogen) atoms. The summed E-state index contributed by atoms with van der Waals surface area (Å²) in [7, 11) is 0. The number of rotatable bonds is 4. The monoisotopic (exact) mass is 359 g/mol. The van der Waals surface area contributed by atoms with Gasteiger partial charge in [0.15, 0.2) is 0 Å². The van der Waals surface area contributed by atoms with E-state index in [1.54, 1.807) is 6.20 Å². The third kappa shape index (κ3) is 2.84. The van der Waals surface area contributed by atoms with E-state index < -0.39 is 0 Å². The van der Waals surface area contributed by atoms with Crippen molar-refractivity contribution >= 4 is 12.1 Å². The number of quaternary nitrogens is 1. The molecule has 0 saturated carbocycles. The average Bonchev–Trinajstić information content (AvgIpc) is 2.95. The Morgan fingerprint density at radius 3 is 2.74 bits per heavy atom. The van der Waals surface area contributed by atoms with Gasteiger partial charge in [0.2, 0.25) is 5.70 Å². The third-order valence-electron chi connectivity index (χ3n) is 5.57. The van der Waals surface area contributed by atoms with Crippen LogP contribution in [0.5, 0.6) is 0 Å². The molecule has 0 aromatic heterocycles. The number of benzene rings is 1. The van der Waals surface area contributed by atoms with E-state index in [1.165, 1.54) is 18.4 Å². The van der Waals surface area contributed by atoms with Crippen LogP contribution in [0.3, 0.4) is 0 Å². The van der Waals surface area contributed by atoms with Crippen LogP contribution in [0.2, 0.25) is 0 Å². The zero-order chi connectivity index (χ0) is 18.3. The van der Waals surface area contributed by atoms with Crippen LogP contribution >= 0.6 is 0 Å². The molecule has 5 nitrogen and oxygen atoms in total. The van der Waals surface area contributed by atoms with Crippen LogP contribution < -0.4 is 5.84 Å². The Bertz CT molecular complexity index is 943. The second kappa shape index (κ2) is 6.53. The number of hydrogen-bond donors (Lipinski definition) is 1. The predicted molar refractivity (Wildman–Crippen MR) is 107 cm³/mol. The zero-order valence-electron chi connectivity index (χ0n) is 15.2. The lowest BCUT2D eigenvalue weighted by molar-refractivity contribution is -0.750. The molecule has 0 amide bonds. The minimum Gasteiger partial charge on any atom is -0.378 e. The van der Waals surface area contributed by atoms with Crippen molar-refractivity contribution in [3.63, 3.8) is 0 Å². The van der Waals surface area contributed by atoms with Gasteiger partial charge in [-0.2, -0.15) is 10.8 Å². The molecule has 1 aliphatic carbocycles. The Morgan fingerprint density at radius 1 is 1.19 bits per heavy atom.